The number of benzene rings is 1. The van der Waals surface area contributed by atoms with E-state index >= 15 is 0 Å². The van der Waals surface area contributed by atoms with E-state index in [9.17, 15) is 4.39 Å². The Hall–Kier alpha value is -1.40. The van der Waals surface area contributed by atoms with Gasteiger partial charge in [-0.15, -0.1) is 11.8 Å². The molecule has 0 aliphatic rings. The molecule has 6 heteroatoms. The molecule has 0 bridgehead atoms. The summed E-state index contributed by atoms with van der Waals surface area (Å²) in [6, 6.07) is 6.62. The normalized spacial score (nSPS) is 11.8. The first-order valence-electron chi connectivity index (χ1n) is 5.92. The Labute approximate surface area is 115 Å². The number of aromatic nitrogens is 2. The molecule has 0 spiro atoms. The molecule has 0 atom stereocenters. The molecule has 0 saturated carbocycles. The highest BCUT2D eigenvalue weighted by Gasteiger charge is 2.17. The molecule has 1 heterocycles. The molecule has 2 aromatic rings. The van der Waals surface area contributed by atoms with Crippen LogP contribution in [0.5, 0.6) is 0 Å². The number of hydrogen-bond acceptors (Lipinski definition) is 5. The van der Waals surface area contributed by atoms with Gasteiger partial charge in [-0.2, -0.15) is 4.98 Å². The number of nitrogens with zero attached hydrogens (tertiary/aromatic N) is 2. The molecule has 0 saturated heterocycles. The van der Waals surface area contributed by atoms with Crippen LogP contribution in [0.25, 0.3) is 0 Å². The van der Waals surface area contributed by atoms with Crippen LogP contribution < -0.4 is 5.73 Å². The van der Waals surface area contributed by atoms with Gasteiger partial charge in [-0.3, -0.25) is 0 Å². The first-order valence-corrected chi connectivity index (χ1v) is 6.90. The van der Waals surface area contributed by atoms with Crippen molar-refractivity contribution in [2.75, 3.05) is 0 Å². The summed E-state index contributed by atoms with van der Waals surface area (Å²) >= 11 is 1.34. The summed E-state index contributed by atoms with van der Waals surface area (Å²) in [6.07, 6.45) is 0.518. The van der Waals surface area contributed by atoms with E-state index < -0.39 is 0 Å². The summed E-state index contributed by atoms with van der Waals surface area (Å²) in [5.41, 5.74) is 5.49. The van der Waals surface area contributed by atoms with Crippen LogP contribution in [-0.4, -0.2) is 15.7 Å². The molecule has 19 heavy (non-hydrogen) atoms. The van der Waals surface area contributed by atoms with Crippen molar-refractivity contribution in [2.24, 2.45) is 5.73 Å². The lowest BCUT2D eigenvalue weighted by Gasteiger charge is -2.14. The lowest BCUT2D eigenvalue weighted by Crippen LogP contribution is -2.34. The highest BCUT2D eigenvalue weighted by molar-refractivity contribution is 7.98. The lowest BCUT2D eigenvalue weighted by atomic mass is 10.0. The molecular formula is C13H16FN3OS. The molecule has 0 unspecified atom stereocenters. The van der Waals surface area contributed by atoms with Gasteiger partial charge in [0.1, 0.15) is 5.82 Å². The fourth-order valence-corrected chi connectivity index (χ4v) is 2.30. The second-order valence-electron chi connectivity index (χ2n) is 4.99. The van der Waals surface area contributed by atoms with Crippen molar-refractivity contribution >= 4 is 11.8 Å². The number of hydrogen-bond donors (Lipinski definition) is 1. The second-order valence-corrected chi connectivity index (χ2v) is 6.01. The molecule has 0 radical (unpaired) electrons. The summed E-state index contributed by atoms with van der Waals surface area (Å²) in [4.78, 5) is 4.82. The smallest absolute Gasteiger partial charge is 0.228 e. The van der Waals surface area contributed by atoms with E-state index in [-0.39, 0.29) is 11.4 Å². The van der Waals surface area contributed by atoms with Gasteiger partial charge in [0.25, 0.3) is 0 Å². The van der Waals surface area contributed by atoms with Crippen molar-refractivity contribution in [3.63, 3.8) is 0 Å². The zero-order valence-corrected chi connectivity index (χ0v) is 11.7. The number of halogens is 1. The van der Waals surface area contributed by atoms with Gasteiger partial charge in [0.15, 0.2) is 5.82 Å². The minimum atomic E-state index is -0.386. The van der Waals surface area contributed by atoms with Gasteiger partial charge in [-0.05, 0) is 26.0 Å². The fraction of sp³-hybridized carbons (Fsp3) is 0.385. The van der Waals surface area contributed by atoms with Gasteiger partial charge < -0.3 is 10.3 Å². The van der Waals surface area contributed by atoms with Crippen molar-refractivity contribution in [1.82, 2.24) is 10.1 Å². The molecule has 102 valence electrons. The first kappa shape index (κ1) is 14.0. The van der Waals surface area contributed by atoms with Crippen molar-refractivity contribution in [1.29, 1.82) is 0 Å². The van der Waals surface area contributed by atoms with Crippen LogP contribution in [0.3, 0.4) is 0 Å². The van der Waals surface area contributed by atoms with Gasteiger partial charge >= 0.3 is 0 Å². The average molecular weight is 281 g/mol. The van der Waals surface area contributed by atoms with E-state index in [0.29, 0.717) is 28.8 Å². The summed E-state index contributed by atoms with van der Waals surface area (Å²) < 4.78 is 18.5. The zero-order chi connectivity index (χ0) is 13.9. The van der Waals surface area contributed by atoms with Crippen LogP contribution in [0.1, 0.15) is 25.6 Å². The van der Waals surface area contributed by atoms with E-state index in [0.717, 1.165) is 0 Å². The topological polar surface area (TPSA) is 64.9 Å². The fourth-order valence-electron chi connectivity index (χ4n) is 1.51. The summed E-state index contributed by atoms with van der Waals surface area (Å²) in [7, 11) is 0. The van der Waals surface area contributed by atoms with Gasteiger partial charge in [-0.1, -0.05) is 17.3 Å². The monoisotopic (exact) mass is 281 g/mol. The summed E-state index contributed by atoms with van der Waals surface area (Å²) in [5.74, 6) is 1.29. The Morgan fingerprint density at radius 2 is 2.11 bits per heavy atom. The summed E-state index contributed by atoms with van der Waals surface area (Å²) in [5, 5.41) is 3.86. The predicted molar refractivity (Wildman–Crippen MR) is 72.2 cm³/mol. The Bertz CT molecular complexity index is 551. The van der Waals surface area contributed by atoms with Crippen molar-refractivity contribution in [3.05, 3.63) is 41.8 Å². The van der Waals surface area contributed by atoms with Gasteiger partial charge in [-0.25, -0.2) is 4.39 Å². The standard InChI is InChI=1S/C13H16FN3OS/c1-13(2,15)7-12-16-11(17-18-12)8-19-10-6-4-3-5-9(10)14/h3-6H,7-8,15H2,1-2H3. The molecule has 1 aromatic heterocycles. The van der Waals surface area contributed by atoms with Gasteiger partial charge in [0.2, 0.25) is 5.89 Å². The van der Waals surface area contributed by atoms with Crippen LogP contribution in [0.4, 0.5) is 4.39 Å². The molecule has 4 nitrogen and oxygen atoms in total. The molecule has 0 aliphatic heterocycles. The van der Waals surface area contributed by atoms with Crippen LogP contribution in [0, 0.1) is 5.82 Å². The molecule has 2 N–H and O–H groups in total. The van der Waals surface area contributed by atoms with Crippen LogP contribution in [0.15, 0.2) is 33.7 Å². The maximum Gasteiger partial charge on any atom is 0.228 e. The number of nitrogens with two attached hydrogens (primary N) is 1. The maximum absolute atomic E-state index is 13.4. The average Bonchev–Trinajstić information content (AvgIpc) is 2.73. The van der Waals surface area contributed by atoms with Gasteiger partial charge in [0.05, 0.1) is 5.75 Å². The Morgan fingerprint density at radius 1 is 1.37 bits per heavy atom. The highest BCUT2D eigenvalue weighted by atomic mass is 32.2. The van der Waals surface area contributed by atoms with Gasteiger partial charge in [0, 0.05) is 16.9 Å². The van der Waals surface area contributed by atoms with Crippen molar-refractivity contribution < 1.29 is 8.91 Å². The van der Waals surface area contributed by atoms with E-state index in [4.69, 9.17) is 10.3 Å². The molecular weight excluding hydrogens is 265 g/mol. The highest BCUT2D eigenvalue weighted by Crippen LogP contribution is 2.24. The van der Waals surface area contributed by atoms with E-state index in [1.807, 2.05) is 13.8 Å². The largest absolute Gasteiger partial charge is 0.339 e. The Kier molecular flexibility index (Phi) is 4.21. The minimum Gasteiger partial charge on any atom is -0.339 e. The third-order valence-corrected chi connectivity index (χ3v) is 3.36. The quantitative estimate of drug-likeness (QED) is 0.854. The molecule has 1 aromatic carbocycles. The molecule has 0 aliphatic carbocycles. The first-order chi connectivity index (χ1) is 8.94. The second kappa shape index (κ2) is 5.71. The number of thioether (sulfide) groups is 1. The Morgan fingerprint density at radius 3 is 2.79 bits per heavy atom. The minimum absolute atomic E-state index is 0.237. The SMILES string of the molecule is CC(C)(N)Cc1nc(CSc2ccccc2F)no1. The lowest BCUT2D eigenvalue weighted by molar-refractivity contribution is 0.345. The van der Waals surface area contributed by atoms with E-state index in [1.165, 1.54) is 17.8 Å². The molecule has 0 fully saturated rings. The maximum atomic E-state index is 13.4. The third kappa shape index (κ3) is 4.33. The number of rotatable bonds is 5. The predicted octanol–water partition coefficient (Wildman–Crippen LogP) is 2.78. The van der Waals surface area contributed by atoms with Crippen molar-refractivity contribution in [3.8, 4) is 0 Å². The third-order valence-electron chi connectivity index (χ3n) is 2.31. The zero-order valence-electron chi connectivity index (χ0n) is 10.9. The Balaban J connectivity index is 1.96. The van der Waals surface area contributed by atoms with Crippen LogP contribution in [0.2, 0.25) is 0 Å². The molecule has 2 rings (SSSR count). The van der Waals surface area contributed by atoms with E-state index in [2.05, 4.69) is 10.1 Å². The van der Waals surface area contributed by atoms with Crippen LogP contribution in [-0.2, 0) is 12.2 Å². The molecule has 0 amide bonds. The van der Waals surface area contributed by atoms with E-state index in [1.54, 1.807) is 18.2 Å². The summed E-state index contributed by atoms with van der Waals surface area (Å²) in [6.45, 7) is 3.79. The van der Waals surface area contributed by atoms with Crippen LogP contribution >= 0.6 is 11.8 Å². The van der Waals surface area contributed by atoms with Crippen molar-refractivity contribution in [2.45, 2.75) is 36.5 Å².